The summed E-state index contributed by atoms with van der Waals surface area (Å²) in [5.74, 6) is 0.288. The first-order valence-electron chi connectivity index (χ1n) is 7.63. The third kappa shape index (κ3) is 3.08. The number of nitrogen functional groups attached to an aromatic ring is 1. The van der Waals surface area contributed by atoms with Crippen molar-refractivity contribution < 1.29 is 9.94 Å². The van der Waals surface area contributed by atoms with E-state index >= 15 is 0 Å². The number of aromatic nitrogens is 2. The average molecular weight is 318 g/mol. The van der Waals surface area contributed by atoms with Gasteiger partial charge in [-0.1, -0.05) is 6.07 Å². The van der Waals surface area contributed by atoms with Gasteiger partial charge in [-0.05, 0) is 18.6 Å². The van der Waals surface area contributed by atoms with Crippen molar-refractivity contribution in [1.29, 1.82) is 5.41 Å². The van der Waals surface area contributed by atoms with E-state index in [1.165, 1.54) is 0 Å². The number of hydrogen-bond donors (Lipinski definition) is 4. The summed E-state index contributed by atoms with van der Waals surface area (Å²) in [4.78, 5) is 6.72. The molecule has 2 aromatic rings. The van der Waals surface area contributed by atoms with E-state index < -0.39 is 0 Å². The van der Waals surface area contributed by atoms with Crippen molar-refractivity contribution in [3.63, 3.8) is 0 Å². The number of likely N-dealkylation sites (tertiary alicyclic amines) is 1. The molecule has 8 heteroatoms. The molecule has 1 aliphatic rings. The Morgan fingerprint density at radius 1 is 1.57 bits per heavy atom. The zero-order chi connectivity index (χ0) is 16.4. The van der Waals surface area contributed by atoms with Gasteiger partial charge < -0.3 is 21.0 Å². The second-order valence-electron chi connectivity index (χ2n) is 5.76. The van der Waals surface area contributed by atoms with Gasteiger partial charge >= 0.3 is 0 Å². The number of imidazole rings is 1. The number of ether oxygens (including phenoxy) is 1. The fourth-order valence-electron chi connectivity index (χ4n) is 2.98. The van der Waals surface area contributed by atoms with Gasteiger partial charge in [0, 0.05) is 38.3 Å². The Morgan fingerprint density at radius 2 is 2.39 bits per heavy atom. The van der Waals surface area contributed by atoms with E-state index in [1.807, 2.05) is 0 Å². The van der Waals surface area contributed by atoms with Crippen LogP contribution in [0.25, 0.3) is 11.0 Å². The summed E-state index contributed by atoms with van der Waals surface area (Å²) in [6.45, 7) is 3.49. The topological polar surface area (TPSA) is 112 Å². The molecule has 1 atom stereocenters. The summed E-state index contributed by atoms with van der Waals surface area (Å²) in [5.41, 5.74) is 7.11. The first-order valence-corrected chi connectivity index (χ1v) is 7.63. The molecule has 0 bridgehead atoms. The number of nitrogens with one attached hydrogen (secondary N) is 2. The van der Waals surface area contributed by atoms with E-state index in [2.05, 4.69) is 15.2 Å². The molecule has 5 N–H and O–H groups in total. The molecule has 1 aromatic carbocycles. The molecule has 0 spiro atoms. The SMILES string of the molecule is COCCN1CCC(Nc2nc3cccc(C(=N)N)c3n2O)C1. The van der Waals surface area contributed by atoms with Crippen LogP contribution in [0.5, 0.6) is 0 Å². The van der Waals surface area contributed by atoms with Crippen LogP contribution in [0.4, 0.5) is 5.95 Å². The summed E-state index contributed by atoms with van der Waals surface area (Å²) < 4.78 is 6.09. The number of para-hydroxylation sites is 1. The van der Waals surface area contributed by atoms with Gasteiger partial charge in [0.2, 0.25) is 5.95 Å². The van der Waals surface area contributed by atoms with Gasteiger partial charge in [0.1, 0.15) is 11.4 Å². The third-order valence-electron chi connectivity index (χ3n) is 4.16. The highest BCUT2D eigenvalue weighted by Gasteiger charge is 2.24. The first kappa shape index (κ1) is 15.6. The van der Waals surface area contributed by atoms with E-state index in [0.717, 1.165) is 30.8 Å². The quantitative estimate of drug-likeness (QED) is 0.354. The summed E-state index contributed by atoms with van der Waals surface area (Å²) >= 11 is 0. The lowest BCUT2D eigenvalue weighted by Crippen LogP contribution is -2.29. The maximum atomic E-state index is 10.4. The third-order valence-corrected chi connectivity index (χ3v) is 4.16. The fraction of sp³-hybridized carbons (Fsp3) is 0.467. The second kappa shape index (κ2) is 6.43. The van der Waals surface area contributed by atoms with E-state index in [0.29, 0.717) is 29.2 Å². The molecule has 1 fully saturated rings. The van der Waals surface area contributed by atoms with Gasteiger partial charge in [0.25, 0.3) is 0 Å². The van der Waals surface area contributed by atoms with Crippen LogP contribution in [0.2, 0.25) is 0 Å². The molecule has 124 valence electrons. The molecule has 3 rings (SSSR count). The number of nitrogens with zero attached hydrogens (tertiary/aromatic N) is 3. The number of benzene rings is 1. The van der Waals surface area contributed by atoms with Crippen molar-refractivity contribution in [2.75, 3.05) is 38.7 Å². The molecule has 8 nitrogen and oxygen atoms in total. The Labute approximate surface area is 134 Å². The van der Waals surface area contributed by atoms with Gasteiger partial charge in [-0.2, -0.15) is 0 Å². The fourth-order valence-corrected chi connectivity index (χ4v) is 2.98. The zero-order valence-electron chi connectivity index (χ0n) is 13.1. The number of fused-ring (bicyclic) bond motifs is 1. The molecule has 1 aliphatic heterocycles. The molecule has 0 aliphatic carbocycles. The van der Waals surface area contributed by atoms with Crippen LogP contribution < -0.4 is 11.1 Å². The predicted octanol–water partition coefficient (Wildman–Crippen LogP) is 0.690. The minimum Gasteiger partial charge on any atom is -0.425 e. The molecular formula is C15H22N6O2. The Balaban J connectivity index is 1.78. The predicted molar refractivity (Wildman–Crippen MR) is 88.3 cm³/mol. The van der Waals surface area contributed by atoms with Crippen LogP contribution in [0.1, 0.15) is 12.0 Å². The maximum absolute atomic E-state index is 10.4. The molecule has 1 unspecified atom stereocenters. The van der Waals surface area contributed by atoms with Crippen LogP contribution in [-0.4, -0.2) is 65.0 Å². The Hall–Kier alpha value is -2.32. The number of amidine groups is 1. The smallest absolute Gasteiger partial charge is 0.238 e. The summed E-state index contributed by atoms with van der Waals surface area (Å²) in [6.07, 6.45) is 0.979. The lowest BCUT2D eigenvalue weighted by molar-refractivity contribution is 0.160. The van der Waals surface area contributed by atoms with E-state index in [1.54, 1.807) is 25.3 Å². The first-order chi connectivity index (χ1) is 11.1. The van der Waals surface area contributed by atoms with Crippen LogP contribution in [0.3, 0.4) is 0 Å². The van der Waals surface area contributed by atoms with Crippen molar-refractivity contribution in [3.8, 4) is 0 Å². The number of hydrogen-bond acceptors (Lipinski definition) is 6. The van der Waals surface area contributed by atoms with Crippen LogP contribution in [0.15, 0.2) is 18.2 Å². The van der Waals surface area contributed by atoms with E-state index in [-0.39, 0.29) is 11.9 Å². The number of methoxy groups -OCH3 is 1. The normalized spacial score (nSPS) is 18.6. The minimum absolute atomic E-state index is 0.0936. The van der Waals surface area contributed by atoms with Gasteiger partial charge in [-0.15, -0.1) is 4.73 Å². The van der Waals surface area contributed by atoms with Crippen molar-refractivity contribution in [2.45, 2.75) is 12.5 Å². The summed E-state index contributed by atoms with van der Waals surface area (Å²) in [6, 6.07) is 5.48. The monoisotopic (exact) mass is 318 g/mol. The molecule has 0 amide bonds. The number of anilines is 1. The van der Waals surface area contributed by atoms with E-state index in [9.17, 15) is 5.21 Å². The highest BCUT2D eigenvalue weighted by molar-refractivity contribution is 6.06. The Bertz CT molecular complexity index is 713. The molecule has 2 heterocycles. The van der Waals surface area contributed by atoms with Crippen molar-refractivity contribution in [1.82, 2.24) is 14.6 Å². The number of nitrogens with two attached hydrogens (primary N) is 1. The second-order valence-corrected chi connectivity index (χ2v) is 5.76. The molecular weight excluding hydrogens is 296 g/mol. The van der Waals surface area contributed by atoms with Crippen molar-refractivity contribution in [3.05, 3.63) is 23.8 Å². The average Bonchev–Trinajstić information content (AvgIpc) is 3.10. The highest BCUT2D eigenvalue weighted by atomic mass is 16.5. The van der Waals surface area contributed by atoms with Crippen LogP contribution in [-0.2, 0) is 4.74 Å². The van der Waals surface area contributed by atoms with Crippen LogP contribution >= 0.6 is 0 Å². The van der Waals surface area contributed by atoms with Crippen molar-refractivity contribution in [2.24, 2.45) is 5.73 Å². The highest BCUT2D eigenvalue weighted by Crippen LogP contribution is 2.23. The van der Waals surface area contributed by atoms with Gasteiger partial charge in [0.15, 0.2) is 0 Å². The summed E-state index contributed by atoms with van der Waals surface area (Å²) in [5, 5.41) is 21.3. The van der Waals surface area contributed by atoms with Gasteiger partial charge in [-0.3, -0.25) is 10.3 Å². The Kier molecular flexibility index (Phi) is 4.35. The largest absolute Gasteiger partial charge is 0.425 e. The summed E-state index contributed by atoms with van der Waals surface area (Å²) in [7, 11) is 1.70. The lowest BCUT2D eigenvalue weighted by atomic mass is 10.2. The lowest BCUT2D eigenvalue weighted by Gasteiger charge is -2.16. The van der Waals surface area contributed by atoms with Gasteiger partial charge in [0.05, 0.1) is 12.1 Å². The molecule has 1 saturated heterocycles. The van der Waals surface area contributed by atoms with E-state index in [4.69, 9.17) is 15.9 Å². The maximum Gasteiger partial charge on any atom is 0.238 e. The number of rotatable bonds is 6. The zero-order valence-corrected chi connectivity index (χ0v) is 13.1. The molecule has 0 saturated carbocycles. The van der Waals surface area contributed by atoms with Gasteiger partial charge in [-0.25, -0.2) is 4.98 Å². The Morgan fingerprint density at radius 3 is 3.13 bits per heavy atom. The van der Waals surface area contributed by atoms with Crippen molar-refractivity contribution >= 4 is 22.8 Å². The van der Waals surface area contributed by atoms with Crippen LogP contribution in [0, 0.1) is 5.41 Å². The molecule has 1 aromatic heterocycles. The molecule has 23 heavy (non-hydrogen) atoms. The molecule has 0 radical (unpaired) electrons. The standard InChI is InChI=1S/C15H22N6O2/c1-23-8-7-20-6-5-10(9-20)18-15-19-12-4-2-3-11(14(16)17)13(12)21(15)22/h2-4,10,22H,5-9H2,1H3,(H3,16,17)(H,18,19). The minimum atomic E-state index is -0.0936.